The molecule has 1 aromatic heterocycles. The Kier molecular flexibility index (Phi) is 2.60. The van der Waals surface area contributed by atoms with Gasteiger partial charge in [-0.15, -0.1) is 6.58 Å². The normalized spacial score (nSPS) is 11.9. The molecule has 0 saturated heterocycles. The van der Waals surface area contributed by atoms with Crippen LogP contribution in [0.2, 0.25) is 0 Å². The van der Waals surface area contributed by atoms with E-state index in [9.17, 15) is 0 Å². The van der Waals surface area contributed by atoms with Gasteiger partial charge < -0.3 is 4.57 Å². The Labute approximate surface area is 97.0 Å². The molecule has 84 valence electrons. The van der Waals surface area contributed by atoms with Crippen molar-refractivity contribution in [3.63, 3.8) is 0 Å². The first kappa shape index (κ1) is 11.0. The number of rotatable bonds is 3. The lowest BCUT2D eigenvalue weighted by Crippen LogP contribution is -2.34. The van der Waals surface area contributed by atoms with Crippen LogP contribution in [0.3, 0.4) is 0 Å². The second-order valence-corrected chi connectivity index (χ2v) is 4.98. The highest BCUT2D eigenvalue weighted by Gasteiger charge is 2.19. The van der Waals surface area contributed by atoms with E-state index in [4.69, 9.17) is 0 Å². The highest BCUT2D eigenvalue weighted by molar-refractivity contribution is 5.92. The van der Waals surface area contributed by atoms with E-state index in [1.165, 1.54) is 16.6 Å². The zero-order valence-corrected chi connectivity index (χ0v) is 10.3. The Morgan fingerprint density at radius 2 is 1.94 bits per heavy atom. The van der Waals surface area contributed by atoms with E-state index in [0.29, 0.717) is 0 Å². The lowest BCUT2D eigenvalue weighted by molar-refractivity contribution is 0.488. The van der Waals surface area contributed by atoms with Crippen molar-refractivity contribution < 1.29 is 0 Å². The minimum Gasteiger partial charge on any atom is -0.338 e. The van der Waals surface area contributed by atoms with Crippen LogP contribution in [-0.2, 0) is 6.54 Å². The van der Waals surface area contributed by atoms with Crippen molar-refractivity contribution in [3.8, 4) is 0 Å². The molecule has 1 heterocycles. The Bertz CT molecular complexity index is 515. The van der Waals surface area contributed by atoms with Crippen LogP contribution in [0.4, 0.5) is 5.69 Å². The molecule has 0 saturated carbocycles. The van der Waals surface area contributed by atoms with Crippen molar-refractivity contribution >= 4 is 16.6 Å². The molecular formula is C14H19N2+. The van der Waals surface area contributed by atoms with Gasteiger partial charge in [0.15, 0.2) is 5.69 Å². The van der Waals surface area contributed by atoms with Crippen LogP contribution < -0.4 is 4.48 Å². The summed E-state index contributed by atoms with van der Waals surface area (Å²) in [4.78, 5) is 0. The van der Waals surface area contributed by atoms with Crippen LogP contribution in [0.15, 0.2) is 43.1 Å². The topological polar surface area (TPSA) is 4.93 Å². The maximum Gasteiger partial charge on any atom is 0.158 e. The highest BCUT2D eigenvalue weighted by Crippen LogP contribution is 2.30. The second-order valence-electron chi connectivity index (χ2n) is 4.98. The molecule has 2 heteroatoms. The Morgan fingerprint density at radius 1 is 1.25 bits per heavy atom. The van der Waals surface area contributed by atoms with Gasteiger partial charge in [0.2, 0.25) is 0 Å². The molecule has 2 rings (SSSR count). The number of para-hydroxylation sites is 1. The van der Waals surface area contributed by atoms with E-state index in [1.54, 1.807) is 0 Å². The van der Waals surface area contributed by atoms with E-state index in [2.05, 4.69) is 62.8 Å². The van der Waals surface area contributed by atoms with Crippen molar-refractivity contribution in [3.05, 3.63) is 43.1 Å². The lowest BCUT2D eigenvalue weighted by atomic mass is 10.2. The molecule has 0 radical (unpaired) electrons. The van der Waals surface area contributed by atoms with Gasteiger partial charge in [0, 0.05) is 6.54 Å². The molecule has 0 spiro atoms. The van der Waals surface area contributed by atoms with Crippen molar-refractivity contribution in [2.24, 2.45) is 0 Å². The number of quaternary nitrogens is 1. The number of fused-ring (bicyclic) bond motifs is 1. The molecule has 0 fully saturated rings. The average Bonchev–Trinajstić information content (AvgIpc) is 2.58. The summed E-state index contributed by atoms with van der Waals surface area (Å²) in [6, 6.07) is 8.53. The third kappa shape index (κ3) is 1.76. The van der Waals surface area contributed by atoms with Gasteiger partial charge in [-0.1, -0.05) is 18.2 Å². The first-order valence-electron chi connectivity index (χ1n) is 5.55. The molecule has 0 aliphatic heterocycles. The van der Waals surface area contributed by atoms with E-state index in [0.717, 1.165) is 11.0 Å². The molecular weight excluding hydrogens is 196 g/mol. The Hall–Kier alpha value is -1.54. The average molecular weight is 215 g/mol. The predicted molar refractivity (Wildman–Crippen MR) is 71.7 cm³/mol. The minimum absolute atomic E-state index is 0.838. The molecule has 16 heavy (non-hydrogen) atoms. The van der Waals surface area contributed by atoms with Crippen LogP contribution in [0, 0.1) is 0 Å². The van der Waals surface area contributed by atoms with Crippen LogP contribution >= 0.6 is 0 Å². The van der Waals surface area contributed by atoms with E-state index in [-0.39, 0.29) is 0 Å². The minimum atomic E-state index is 0.838. The summed E-state index contributed by atoms with van der Waals surface area (Å²) in [5, 5.41) is 1.33. The summed E-state index contributed by atoms with van der Waals surface area (Å²) in [6.07, 6.45) is 4.16. The number of allylic oxidation sites excluding steroid dienone is 1. The number of benzene rings is 1. The maximum absolute atomic E-state index is 3.81. The fraction of sp³-hybridized carbons (Fsp3) is 0.286. The molecule has 0 atom stereocenters. The molecule has 2 aromatic rings. The van der Waals surface area contributed by atoms with Crippen molar-refractivity contribution in [1.82, 2.24) is 9.05 Å². The first-order chi connectivity index (χ1) is 7.54. The van der Waals surface area contributed by atoms with Crippen LogP contribution in [-0.4, -0.2) is 25.7 Å². The third-order valence-electron chi connectivity index (χ3n) is 2.82. The van der Waals surface area contributed by atoms with Gasteiger partial charge in [-0.05, 0) is 12.1 Å². The third-order valence-corrected chi connectivity index (χ3v) is 2.82. The summed E-state index contributed by atoms with van der Waals surface area (Å²) in [5.74, 6) is 0. The van der Waals surface area contributed by atoms with E-state index < -0.39 is 0 Å². The van der Waals surface area contributed by atoms with Gasteiger partial charge in [0.05, 0.1) is 38.2 Å². The molecule has 0 aliphatic rings. The van der Waals surface area contributed by atoms with Crippen molar-refractivity contribution in [1.29, 1.82) is 0 Å². The standard InChI is InChI=1S/C14H19N2/c1-5-10-15-11-14(16(2,3)4)12-8-6-7-9-13(12)15/h5-9,11H,1,10H2,2-4H3/q+1. The maximum atomic E-state index is 3.81. The summed E-state index contributed by atoms with van der Waals surface area (Å²) >= 11 is 0. The second kappa shape index (κ2) is 3.80. The van der Waals surface area contributed by atoms with Crippen molar-refractivity contribution in [2.75, 3.05) is 21.1 Å². The van der Waals surface area contributed by atoms with E-state index >= 15 is 0 Å². The summed E-state index contributed by atoms with van der Waals surface area (Å²) in [6.45, 7) is 4.67. The van der Waals surface area contributed by atoms with Crippen LogP contribution in [0.25, 0.3) is 10.9 Å². The molecule has 2 nitrogen and oxygen atoms in total. The number of nitrogens with zero attached hydrogens (tertiary/aromatic N) is 2. The fourth-order valence-corrected chi connectivity index (χ4v) is 2.05. The predicted octanol–water partition coefficient (Wildman–Crippen LogP) is 3.02. The Balaban J connectivity index is 2.71. The molecule has 0 amide bonds. The van der Waals surface area contributed by atoms with Gasteiger partial charge in [-0.2, -0.15) is 0 Å². The van der Waals surface area contributed by atoms with Crippen LogP contribution in [0.1, 0.15) is 0 Å². The zero-order chi connectivity index (χ0) is 11.8. The largest absolute Gasteiger partial charge is 0.338 e. The quantitative estimate of drug-likeness (QED) is 0.548. The monoisotopic (exact) mass is 215 g/mol. The van der Waals surface area contributed by atoms with Gasteiger partial charge in [-0.25, -0.2) is 0 Å². The first-order valence-corrected chi connectivity index (χ1v) is 5.55. The fourth-order valence-electron chi connectivity index (χ4n) is 2.05. The summed E-state index contributed by atoms with van der Waals surface area (Å²) in [7, 11) is 6.58. The Morgan fingerprint density at radius 3 is 2.56 bits per heavy atom. The lowest BCUT2D eigenvalue weighted by Gasteiger charge is -2.22. The zero-order valence-electron chi connectivity index (χ0n) is 10.3. The SMILES string of the molecule is C=CCn1cc([N+](C)(C)C)c2ccccc21. The highest BCUT2D eigenvalue weighted by atomic mass is 15.3. The number of aromatic nitrogens is 1. The number of hydrogen-bond donors (Lipinski definition) is 0. The number of hydrogen-bond acceptors (Lipinski definition) is 0. The van der Waals surface area contributed by atoms with Gasteiger partial charge in [0.25, 0.3) is 0 Å². The molecule has 0 N–H and O–H groups in total. The van der Waals surface area contributed by atoms with Gasteiger partial charge >= 0.3 is 0 Å². The molecule has 0 bridgehead atoms. The smallest absolute Gasteiger partial charge is 0.158 e. The summed E-state index contributed by atoms with van der Waals surface area (Å²) < 4.78 is 3.09. The van der Waals surface area contributed by atoms with E-state index in [1.807, 2.05) is 6.08 Å². The molecule has 0 unspecified atom stereocenters. The van der Waals surface area contributed by atoms with Crippen LogP contribution in [0.5, 0.6) is 0 Å². The van der Waals surface area contributed by atoms with Gasteiger partial charge in [0.1, 0.15) is 0 Å². The summed E-state index contributed by atoms with van der Waals surface area (Å²) in [5.41, 5.74) is 2.63. The van der Waals surface area contributed by atoms with Gasteiger partial charge in [-0.3, -0.25) is 4.48 Å². The molecule has 1 aromatic carbocycles. The molecule has 0 aliphatic carbocycles. The van der Waals surface area contributed by atoms with Crippen molar-refractivity contribution in [2.45, 2.75) is 6.54 Å².